The lowest BCUT2D eigenvalue weighted by molar-refractivity contribution is 0.280. The maximum atomic E-state index is 9.19. The van der Waals surface area contributed by atoms with Crippen molar-refractivity contribution in [1.29, 1.82) is 0 Å². The van der Waals surface area contributed by atoms with Crippen LogP contribution in [0.4, 0.5) is 11.5 Å². The van der Waals surface area contributed by atoms with Crippen LogP contribution in [0.5, 0.6) is 11.5 Å². The van der Waals surface area contributed by atoms with Crippen LogP contribution in [-0.2, 0) is 12.4 Å². The Morgan fingerprint density at radius 2 is 1.82 bits per heavy atom. The number of aromatic hydroxyl groups is 1. The van der Waals surface area contributed by atoms with Crippen LogP contribution in [0.25, 0.3) is 0 Å². The van der Waals surface area contributed by atoms with E-state index in [0.717, 1.165) is 16.3 Å². The molecule has 3 aromatic rings. The summed E-state index contributed by atoms with van der Waals surface area (Å²) in [5.74, 6) is 1.98. The van der Waals surface area contributed by atoms with Crippen LogP contribution < -0.4 is 15.8 Å². The van der Waals surface area contributed by atoms with Gasteiger partial charge in [0.25, 0.3) is 0 Å². The number of ether oxygens (including phenoxy) is 1. The molecule has 0 unspecified atom stereocenters. The Morgan fingerprint density at radius 3 is 2.39 bits per heavy atom. The van der Waals surface area contributed by atoms with Crippen molar-refractivity contribution >= 4 is 23.3 Å². The first-order chi connectivity index (χ1) is 13.6. The molecular formula is C21H25N3O3S. The monoisotopic (exact) mass is 399 g/mol. The average Bonchev–Trinajstić information content (AvgIpc) is 2.74. The normalized spacial score (nSPS) is 9.96. The van der Waals surface area contributed by atoms with E-state index in [1.54, 1.807) is 30.1 Å². The quantitative estimate of drug-likeness (QED) is 0.467. The van der Waals surface area contributed by atoms with Gasteiger partial charge < -0.3 is 26.0 Å². The summed E-state index contributed by atoms with van der Waals surface area (Å²) >= 11 is 1.71. The van der Waals surface area contributed by atoms with Crippen LogP contribution in [0, 0.1) is 0 Å². The van der Waals surface area contributed by atoms with Crippen molar-refractivity contribution < 1.29 is 14.9 Å². The molecule has 1 heterocycles. The fourth-order valence-corrected chi connectivity index (χ4v) is 3.18. The number of hydrogen-bond donors (Lipinski definition) is 4. The molecule has 0 aliphatic carbocycles. The molecule has 148 valence electrons. The molecule has 2 aromatic carbocycles. The van der Waals surface area contributed by atoms with Gasteiger partial charge in [0.15, 0.2) is 11.5 Å². The van der Waals surface area contributed by atoms with Gasteiger partial charge in [0.05, 0.1) is 13.7 Å². The minimum absolute atomic E-state index is 0.0547. The summed E-state index contributed by atoms with van der Waals surface area (Å²) in [6.45, 7) is -0.0719. The van der Waals surface area contributed by atoms with Crippen LogP contribution >= 0.6 is 11.8 Å². The fraction of sp³-hybridized carbons (Fsp3) is 0.190. The Bertz CT molecular complexity index is 873. The van der Waals surface area contributed by atoms with E-state index in [1.807, 2.05) is 19.2 Å². The number of methoxy groups -OCH3 is 1. The molecule has 3 rings (SSSR count). The van der Waals surface area contributed by atoms with E-state index in [-0.39, 0.29) is 12.4 Å². The Balaban J connectivity index is 0.000000221. The molecule has 1 aromatic heterocycles. The van der Waals surface area contributed by atoms with Gasteiger partial charge in [-0.1, -0.05) is 18.2 Å². The molecule has 0 spiro atoms. The third kappa shape index (κ3) is 6.37. The lowest BCUT2D eigenvalue weighted by Gasteiger charge is -2.05. The van der Waals surface area contributed by atoms with Gasteiger partial charge in [-0.15, -0.1) is 11.8 Å². The number of aliphatic hydroxyl groups excluding tert-OH is 1. The predicted molar refractivity (Wildman–Crippen MR) is 115 cm³/mol. The summed E-state index contributed by atoms with van der Waals surface area (Å²) < 4.78 is 4.81. The van der Waals surface area contributed by atoms with Crippen LogP contribution in [0.1, 0.15) is 11.1 Å². The Morgan fingerprint density at radius 1 is 1.11 bits per heavy atom. The number of aromatic nitrogens is 1. The molecule has 0 fully saturated rings. The van der Waals surface area contributed by atoms with E-state index in [9.17, 15) is 5.11 Å². The highest BCUT2D eigenvalue weighted by atomic mass is 32.2. The van der Waals surface area contributed by atoms with Crippen LogP contribution in [0.3, 0.4) is 0 Å². The number of anilines is 2. The van der Waals surface area contributed by atoms with E-state index in [4.69, 9.17) is 15.6 Å². The number of aliphatic hydroxyl groups is 1. The number of rotatable bonds is 6. The topological polar surface area (TPSA) is 101 Å². The molecule has 0 saturated heterocycles. The van der Waals surface area contributed by atoms with Crippen molar-refractivity contribution in [3.63, 3.8) is 0 Å². The minimum Gasteiger partial charge on any atom is -0.504 e. The highest BCUT2D eigenvalue weighted by molar-refractivity contribution is 7.98. The number of nitrogens with two attached hydrogens (primary N) is 1. The van der Waals surface area contributed by atoms with Crippen molar-refractivity contribution in [3.05, 3.63) is 71.9 Å². The second kappa shape index (κ2) is 11.1. The Hall–Kier alpha value is -2.90. The van der Waals surface area contributed by atoms with Gasteiger partial charge in [-0.2, -0.15) is 0 Å². The van der Waals surface area contributed by atoms with Crippen LogP contribution in [-0.4, -0.2) is 29.4 Å². The standard InChI is InChI=1S/C13H15N3S.C8H10O3/c1-15-11-6-4-10(5-7-11)9-17-12-3-2-8-16-13(12)14;1-11-8-3-2-6(5-9)4-7(8)10/h2-8,15H,9H2,1H3,(H2,14,16);2-4,9-10H,5H2,1H3. The number of thioether (sulfide) groups is 1. The number of nitrogens with one attached hydrogen (secondary N) is 1. The zero-order valence-corrected chi connectivity index (χ0v) is 16.7. The summed E-state index contributed by atoms with van der Waals surface area (Å²) in [7, 11) is 3.40. The molecule has 0 aliphatic heterocycles. The van der Waals surface area contributed by atoms with Gasteiger partial charge in [-0.05, 0) is 47.5 Å². The van der Waals surface area contributed by atoms with Crippen LogP contribution in [0.2, 0.25) is 0 Å². The first-order valence-electron chi connectivity index (χ1n) is 8.64. The number of phenols is 1. The first kappa shape index (κ1) is 21.4. The number of hydrogen-bond acceptors (Lipinski definition) is 7. The molecule has 0 saturated carbocycles. The van der Waals surface area contributed by atoms with Gasteiger partial charge in [0.2, 0.25) is 0 Å². The second-order valence-corrected chi connectivity index (χ2v) is 6.80. The van der Waals surface area contributed by atoms with Crippen molar-refractivity contribution in [2.75, 3.05) is 25.2 Å². The summed E-state index contributed by atoms with van der Waals surface area (Å²) in [5, 5.41) is 21.0. The molecule has 0 bridgehead atoms. The largest absolute Gasteiger partial charge is 0.504 e. The van der Waals surface area contributed by atoms with Gasteiger partial charge >= 0.3 is 0 Å². The summed E-state index contributed by atoms with van der Waals surface area (Å²) in [5.41, 5.74) is 8.86. The van der Waals surface area contributed by atoms with Crippen molar-refractivity contribution in [3.8, 4) is 11.5 Å². The molecule has 0 amide bonds. The van der Waals surface area contributed by atoms with E-state index in [2.05, 4.69) is 34.6 Å². The third-order valence-corrected chi connectivity index (χ3v) is 5.00. The summed E-state index contributed by atoms with van der Waals surface area (Å²) in [6, 6.07) is 17.1. The maximum absolute atomic E-state index is 9.19. The Kier molecular flexibility index (Phi) is 8.45. The number of pyridine rings is 1. The van der Waals surface area contributed by atoms with Gasteiger partial charge in [0, 0.05) is 29.6 Å². The molecular weight excluding hydrogens is 374 g/mol. The molecule has 28 heavy (non-hydrogen) atoms. The number of phenolic OH excluding ortho intramolecular Hbond substituents is 1. The van der Waals surface area contributed by atoms with E-state index >= 15 is 0 Å². The Labute approximate surface area is 169 Å². The average molecular weight is 400 g/mol. The van der Waals surface area contributed by atoms with E-state index < -0.39 is 0 Å². The van der Waals surface area contributed by atoms with E-state index in [0.29, 0.717) is 17.1 Å². The zero-order valence-electron chi connectivity index (χ0n) is 15.9. The molecule has 0 aliphatic rings. The maximum Gasteiger partial charge on any atom is 0.160 e. The van der Waals surface area contributed by atoms with Crippen molar-refractivity contribution in [1.82, 2.24) is 4.98 Å². The lowest BCUT2D eigenvalue weighted by Crippen LogP contribution is -1.92. The SMILES string of the molecule is CNc1ccc(CSc2cccnc2N)cc1.COc1ccc(CO)cc1O. The summed E-state index contributed by atoms with van der Waals surface area (Å²) in [6.07, 6.45) is 1.71. The molecule has 5 N–H and O–H groups in total. The molecule has 7 heteroatoms. The van der Waals surface area contributed by atoms with Crippen molar-refractivity contribution in [2.45, 2.75) is 17.3 Å². The summed E-state index contributed by atoms with van der Waals surface area (Å²) in [4.78, 5) is 5.10. The lowest BCUT2D eigenvalue weighted by atomic mass is 10.2. The zero-order chi connectivity index (χ0) is 20.4. The van der Waals surface area contributed by atoms with Gasteiger partial charge in [-0.25, -0.2) is 4.98 Å². The van der Waals surface area contributed by atoms with Crippen molar-refractivity contribution in [2.24, 2.45) is 0 Å². The van der Waals surface area contributed by atoms with Gasteiger partial charge in [-0.3, -0.25) is 0 Å². The number of nitrogen functional groups attached to an aromatic ring is 1. The smallest absolute Gasteiger partial charge is 0.160 e. The van der Waals surface area contributed by atoms with E-state index in [1.165, 1.54) is 18.7 Å². The highest BCUT2D eigenvalue weighted by Gasteiger charge is 2.01. The molecule has 6 nitrogen and oxygen atoms in total. The highest BCUT2D eigenvalue weighted by Crippen LogP contribution is 2.27. The molecule has 0 atom stereocenters. The molecule has 0 radical (unpaired) electrons. The number of benzene rings is 2. The first-order valence-corrected chi connectivity index (χ1v) is 9.62. The predicted octanol–water partition coefficient (Wildman–Crippen LogP) is 3.89. The fourth-order valence-electron chi connectivity index (χ4n) is 2.29. The van der Waals surface area contributed by atoms with Gasteiger partial charge in [0.1, 0.15) is 5.82 Å². The third-order valence-electron chi connectivity index (χ3n) is 3.86. The minimum atomic E-state index is -0.0719. The van der Waals surface area contributed by atoms with Crippen LogP contribution in [0.15, 0.2) is 65.7 Å². The number of nitrogens with zero attached hydrogens (tertiary/aromatic N) is 1. The second-order valence-electron chi connectivity index (χ2n) is 5.79.